The zero-order valence-electron chi connectivity index (χ0n) is 16.0. The fourth-order valence-electron chi connectivity index (χ4n) is 2.82. The van der Waals surface area contributed by atoms with Gasteiger partial charge in [-0.3, -0.25) is 9.79 Å². The van der Waals surface area contributed by atoms with E-state index in [0.29, 0.717) is 18.7 Å². The molecule has 0 unspecified atom stereocenters. The maximum absolute atomic E-state index is 12.1. The van der Waals surface area contributed by atoms with Crippen LogP contribution in [0.15, 0.2) is 29.3 Å². The summed E-state index contributed by atoms with van der Waals surface area (Å²) in [5.74, 6) is 2.40. The van der Waals surface area contributed by atoms with Gasteiger partial charge in [0.2, 0.25) is 0 Å². The van der Waals surface area contributed by atoms with Crippen LogP contribution in [-0.4, -0.2) is 56.6 Å². The fraction of sp³-hybridized carbons (Fsp3) is 0.579. The third-order valence-electron chi connectivity index (χ3n) is 4.43. The molecule has 1 saturated heterocycles. The minimum absolute atomic E-state index is 0. The first-order valence-electron chi connectivity index (χ1n) is 9.09. The Labute approximate surface area is 173 Å². The summed E-state index contributed by atoms with van der Waals surface area (Å²) in [6, 6.07) is 7.09. The van der Waals surface area contributed by atoms with Crippen LogP contribution >= 0.6 is 24.0 Å². The predicted molar refractivity (Wildman–Crippen MR) is 117 cm³/mol. The minimum Gasteiger partial charge on any atom is -0.497 e. The molecule has 2 rings (SSSR count). The number of nitrogens with one attached hydrogen (secondary N) is 2. The number of methoxy groups -OCH3 is 1. The first-order chi connectivity index (χ1) is 12.1. The number of likely N-dealkylation sites (tertiary alicyclic amines) is 1. The van der Waals surface area contributed by atoms with Crippen molar-refractivity contribution in [3.8, 4) is 5.75 Å². The molecule has 1 heterocycles. The summed E-state index contributed by atoms with van der Waals surface area (Å²) in [5.41, 5.74) is 0.627. The van der Waals surface area contributed by atoms with Crippen LogP contribution in [0, 0.1) is 5.92 Å². The van der Waals surface area contributed by atoms with Gasteiger partial charge in [0.15, 0.2) is 5.96 Å². The molecule has 26 heavy (non-hydrogen) atoms. The van der Waals surface area contributed by atoms with Gasteiger partial charge in [0.05, 0.1) is 13.7 Å². The number of carbonyl (C=O) groups is 1. The molecular weight excluding hydrogens is 443 g/mol. The average molecular weight is 474 g/mol. The monoisotopic (exact) mass is 474 g/mol. The topological polar surface area (TPSA) is 66.0 Å². The maximum Gasteiger partial charge on any atom is 0.251 e. The Kier molecular flexibility index (Phi) is 10.4. The van der Waals surface area contributed by atoms with Gasteiger partial charge in [-0.15, -0.1) is 24.0 Å². The lowest BCUT2D eigenvalue weighted by Crippen LogP contribution is -2.45. The molecule has 1 aliphatic rings. The molecule has 2 N–H and O–H groups in total. The molecular formula is C19H31IN4O2. The number of amides is 1. The largest absolute Gasteiger partial charge is 0.497 e. The Morgan fingerprint density at radius 3 is 2.46 bits per heavy atom. The second-order valence-electron chi connectivity index (χ2n) is 6.39. The van der Waals surface area contributed by atoms with Crippen molar-refractivity contribution in [1.82, 2.24) is 15.5 Å². The van der Waals surface area contributed by atoms with Gasteiger partial charge in [0.25, 0.3) is 5.91 Å². The molecule has 1 aromatic carbocycles. The van der Waals surface area contributed by atoms with E-state index in [-0.39, 0.29) is 29.9 Å². The summed E-state index contributed by atoms with van der Waals surface area (Å²) in [4.78, 5) is 19.1. The lowest BCUT2D eigenvalue weighted by atomic mass is 10.00. The molecule has 0 radical (unpaired) electrons. The zero-order valence-corrected chi connectivity index (χ0v) is 18.3. The average Bonchev–Trinajstić information content (AvgIpc) is 2.65. The van der Waals surface area contributed by atoms with Crippen LogP contribution in [0.1, 0.15) is 37.0 Å². The smallest absolute Gasteiger partial charge is 0.251 e. The van der Waals surface area contributed by atoms with Gasteiger partial charge in [0.1, 0.15) is 5.75 Å². The van der Waals surface area contributed by atoms with Crippen LogP contribution in [0.25, 0.3) is 0 Å². The third kappa shape index (κ3) is 7.01. The van der Waals surface area contributed by atoms with E-state index in [4.69, 9.17) is 4.74 Å². The quantitative estimate of drug-likeness (QED) is 0.288. The van der Waals surface area contributed by atoms with Crippen molar-refractivity contribution in [2.75, 3.05) is 39.8 Å². The highest BCUT2D eigenvalue weighted by Gasteiger charge is 2.18. The molecule has 0 atom stereocenters. The summed E-state index contributed by atoms with van der Waals surface area (Å²) in [6.07, 6.45) is 2.41. The normalized spacial score (nSPS) is 15.2. The van der Waals surface area contributed by atoms with Crippen LogP contribution in [0.3, 0.4) is 0 Å². The lowest BCUT2D eigenvalue weighted by molar-refractivity contribution is 0.0954. The molecule has 0 aliphatic carbocycles. The van der Waals surface area contributed by atoms with E-state index in [1.54, 1.807) is 31.4 Å². The van der Waals surface area contributed by atoms with Gasteiger partial charge in [0, 0.05) is 31.7 Å². The highest BCUT2D eigenvalue weighted by molar-refractivity contribution is 14.0. The van der Waals surface area contributed by atoms with Gasteiger partial charge in [-0.05, 0) is 49.9 Å². The van der Waals surface area contributed by atoms with E-state index < -0.39 is 0 Å². The minimum atomic E-state index is -0.0883. The van der Waals surface area contributed by atoms with Crippen LogP contribution in [-0.2, 0) is 0 Å². The van der Waals surface area contributed by atoms with Crippen LogP contribution in [0.4, 0.5) is 0 Å². The van der Waals surface area contributed by atoms with E-state index in [1.165, 1.54) is 12.8 Å². The van der Waals surface area contributed by atoms with Crippen molar-refractivity contribution in [3.05, 3.63) is 29.8 Å². The Bertz CT molecular complexity index is 569. The second-order valence-corrected chi connectivity index (χ2v) is 6.39. The summed E-state index contributed by atoms with van der Waals surface area (Å²) in [7, 11) is 1.61. The maximum atomic E-state index is 12.1. The standard InChI is InChI=1S/C19H30N4O2.HI/c1-4-20-19(23-13-9-15(2)10-14-23)22-12-11-21-18(24)16-5-7-17(25-3)8-6-16;/h5-8,15H,4,9-14H2,1-3H3,(H,20,22)(H,21,24);1H. The summed E-state index contributed by atoms with van der Waals surface area (Å²) in [5, 5.41) is 6.26. The lowest BCUT2D eigenvalue weighted by Gasteiger charge is -2.33. The van der Waals surface area contributed by atoms with E-state index >= 15 is 0 Å². The van der Waals surface area contributed by atoms with E-state index in [0.717, 1.165) is 37.3 Å². The number of halogens is 1. The number of rotatable bonds is 6. The predicted octanol–water partition coefficient (Wildman–Crippen LogP) is 2.74. The van der Waals surface area contributed by atoms with E-state index in [2.05, 4.69) is 34.4 Å². The number of guanidine groups is 1. The van der Waals surface area contributed by atoms with Crippen molar-refractivity contribution < 1.29 is 9.53 Å². The van der Waals surface area contributed by atoms with Crippen molar-refractivity contribution >= 4 is 35.8 Å². The van der Waals surface area contributed by atoms with Crippen LogP contribution in [0.2, 0.25) is 0 Å². The molecule has 1 aromatic rings. The molecule has 1 fully saturated rings. The molecule has 0 spiro atoms. The number of nitrogens with zero attached hydrogens (tertiary/aromatic N) is 2. The summed E-state index contributed by atoms with van der Waals surface area (Å²) in [6.45, 7) is 8.41. The number of aliphatic imine (C=N–C) groups is 1. The molecule has 7 heteroatoms. The second kappa shape index (κ2) is 12.0. The van der Waals surface area contributed by atoms with Crippen molar-refractivity contribution in [3.63, 3.8) is 0 Å². The fourth-order valence-corrected chi connectivity index (χ4v) is 2.82. The molecule has 1 amide bonds. The Morgan fingerprint density at radius 2 is 1.88 bits per heavy atom. The van der Waals surface area contributed by atoms with E-state index in [9.17, 15) is 4.79 Å². The zero-order chi connectivity index (χ0) is 18.1. The first kappa shape index (κ1) is 22.5. The van der Waals surface area contributed by atoms with Gasteiger partial charge >= 0.3 is 0 Å². The van der Waals surface area contributed by atoms with Gasteiger partial charge in [-0.1, -0.05) is 6.92 Å². The molecule has 0 saturated carbocycles. The highest BCUT2D eigenvalue weighted by Crippen LogP contribution is 2.15. The van der Waals surface area contributed by atoms with Gasteiger partial charge in [-0.2, -0.15) is 0 Å². The number of benzene rings is 1. The van der Waals surface area contributed by atoms with Crippen molar-refractivity contribution in [1.29, 1.82) is 0 Å². The van der Waals surface area contributed by atoms with Gasteiger partial charge in [-0.25, -0.2) is 0 Å². The van der Waals surface area contributed by atoms with Crippen LogP contribution < -0.4 is 15.4 Å². The third-order valence-corrected chi connectivity index (χ3v) is 4.43. The number of hydrogen-bond acceptors (Lipinski definition) is 3. The number of carbonyl (C=O) groups excluding carboxylic acids is 1. The Morgan fingerprint density at radius 1 is 1.23 bits per heavy atom. The molecule has 146 valence electrons. The highest BCUT2D eigenvalue weighted by atomic mass is 127. The first-order valence-corrected chi connectivity index (χ1v) is 9.09. The van der Waals surface area contributed by atoms with Gasteiger partial charge < -0.3 is 20.3 Å². The molecule has 1 aliphatic heterocycles. The van der Waals surface area contributed by atoms with Crippen molar-refractivity contribution in [2.24, 2.45) is 10.9 Å². The number of hydrogen-bond donors (Lipinski definition) is 2. The number of piperidine rings is 1. The molecule has 0 aromatic heterocycles. The SMILES string of the molecule is CCNC(=NCCNC(=O)c1ccc(OC)cc1)N1CCC(C)CC1.I. The summed E-state index contributed by atoms with van der Waals surface area (Å²) >= 11 is 0. The summed E-state index contributed by atoms with van der Waals surface area (Å²) < 4.78 is 5.10. The molecule has 0 bridgehead atoms. The Balaban J connectivity index is 0.00000338. The van der Waals surface area contributed by atoms with E-state index in [1.807, 2.05) is 0 Å². The van der Waals surface area contributed by atoms with Crippen LogP contribution in [0.5, 0.6) is 5.75 Å². The number of ether oxygens (including phenoxy) is 1. The Hall–Kier alpha value is -1.51. The molecule has 6 nitrogen and oxygen atoms in total. The van der Waals surface area contributed by atoms with Crippen molar-refractivity contribution in [2.45, 2.75) is 26.7 Å².